The number of benzene rings is 1. The third-order valence-electron chi connectivity index (χ3n) is 4.15. The molecule has 0 amide bonds. The van der Waals surface area contributed by atoms with Crippen molar-refractivity contribution in [2.45, 2.75) is 26.7 Å². The summed E-state index contributed by atoms with van der Waals surface area (Å²) in [4.78, 5) is 16.2. The number of rotatable bonds is 3. The van der Waals surface area contributed by atoms with E-state index in [1.807, 2.05) is 19.1 Å². The zero-order valence-electron chi connectivity index (χ0n) is 13.4. The van der Waals surface area contributed by atoms with E-state index in [9.17, 15) is 10.1 Å². The van der Waals surface area contributed by atoms with Crippen LogP contribution in [0.5, 0.6) is 0 Å². The molecule has 0 unspecified atom stereocenters. The summed E-state index contributed by atoms with van der Waals surface area (Å²) in [5.41, 5.74) is 5.21. The van der Waals surface area contributed by atoms with Crippen LogP contribution < -0.4 is 0 Å². The summed E-state index contributed by atoms with van der Waals surface area (Å²) in [6.07, 6.45) is 0.805. The Hall–Kier alpha value is -2.93. The molecule has 0 saturated heterocycles. The van der Waals surface area contributed by atoms with Crippen LogP contribution in [0.1, 0.15) is 47.1 Å². The van der Waals surface area contributed by atoms with Gasteiger partial charge in [0.25, 0.3) is 0 Å². The highest BCUT2D eigenvalue weighted by molar-refractivity contribution is 5.86. The van der Waals surface area contributed by atoms with Crippen molar-refractivity contribution in [1.29, 1.82) is 5.26 Å². The van der Waals surface area contributed by atoms with Gasteiger partial charge in [-0.3, -0.25) is 9.20 Å². The number of pyridine rings is 1. The number of carbonyl (C=O) groups is 1. The summed E-state index contributed by atoms with van der Waals surface area (Å²) in [5.74, 6) is 0.455. The van der Waals surface area contributed by atoms with Crippen molar-refractivity contribution in [3.8, 4) is 17.3 Å². The van der Waals surface area contributed by atoms with Crippen LogP contribution in [0, 0.1) is 18.3 Å². The molecule has 0 fully saturated rings. The first-order chi connectivity index (χ1) is 11.1. The number of carbonyl (C=O) groups excluding carboxylic acids is 1. The summed E-state index contributed by atoms with van der Waals surface area (Å²) in [6, 6.07) is 13.8. The van der Waals surface area contributed by atoms with Gasteiger partial charge >= 0.3 is 0 Å². The smallest absolute Gasteiger partial charge is 0.169 e. The Bertz CT molecular complexity index is 928. The molecule has 114 valence electrons. The first kappa shape index (κ1) is 15.0. The summed E-state index contributed by atoms with van der Waals surface area (Å²) < 4.78 is 1.75. The third-order valence-corrected chi connectivity index (χ3v) is 4.15. The molecule has 1 aromatic carbocycles. The first-order valence-electron chi connectivity index (χ1n) is 7.54. The van der Waals surface area contributed by atoms with E-state index in [4.69, 9.17) is 0 Å². The normalized spacial score (nSPS) is 10.9. The lowest BCUT2D eigenvalue weighted by atomic mass is 10.0. The molecule has 23 heavy (non-hydrogen) atoms. The van der Waals surface area contributed by atoms with Gasteiger partial charge in [0, 0.05) is 11.3 Å². The average molecular weight is 303 g/mol. The van der Waals surface area contributed by atoms with Crippen LogP contribution in [0.2, 0.25) is 0 Å². The van der Waals surface area contributed by atoms with Crippen LogP contribution in [-0.2, 0) is 0 Å². The highest BCUT2D eigenvalue weighted by Gasteiger charge is 2.16. The number of nitriles is 1. The average Bonchev–Trinajstić information content (AvgIpc) is 2.94. The standard InChI is InChI=1S/C19H17N3O/c1-12(2)14-4-6-15(7-5-14)19-17(11-23)22-13(3)16(10-20)8-9-18(22)21-19/h4-9,11-12H,1-3H3. The Morgan fingerprint density at radius 1 is 1.17 bits per heavy atom. The number of aldehydes is 1. The van der Waals surface area contributed by atoms with Crippen LogP contribution in [-0.4, -0.2) is 15.7 Å². The lowest BCUT2D eigenvalue weighted by Gasteiger charge is -2.06. The van der Waals surface area contributed by atoms with E-state index in [2.05, 4.69) is 37.0 Å². The molecule has 0 aliphatic heterocycles. The van der Waals surface area contributed by atoms with Gasteiger partial charge in [-0.2, -0.15) is 5.26 Å². The molecular weight excluding hydrogens is 286 g/mol. The Morgan fingerprint density at radius 3 is 2.43 bits per heavy atom. The number of fused-ring (bicyclic) bond motifs is 1. The number of aromatic nitrogens is 2. The molecule has 0 aliphatic carbocycles. The Kier molecular flexibility index (Phi) is 3.71. The molecule has 2 aromatic heterocycles. The van der Waals surface area contributed by atoms with Crippen molar-refractivity contribution in [2.24, 2.45) is 0 Å². The van der Waals surface area contributed by atoms with Gasteiger partial charge in [-0.25, -0.2) is 4.98 Å². The van der Waals surface area contributed by atoms with Crippen LogP contribution in [0.4, 0.5) is 0 Å². The van der Waals surface area contributed by atoms with Gasteiger partial charge in [0.2, 0.25) is 0 Å². The number of aryl methyl sites for hydroxylation is 1. The zero-order chi connectivity index (χ0) is 16.6. The Balaban J connectivity index is 2.24. The van der Waals surface area contributed by atoms with E-state index in [1.165, 1.54) is 5.56 Å². The summed E-state index contributed by atoms with van der Waals surface area (Å²) >= 11 is 0. The van der Waals surface area contributed by atoms with E-state index < -0.39 is 0 Å². The van der Waals surface area contributed by atoms with E-state index >= 15 is 0 Å². The molecule has 0 bridgehead atoms. The highest BCUT2D eigenvalue weighted by Crippen LogP contribution is 2.27. The van der Waals surface area contributed by atoms with Gasteiger partial charge in [-0.1, -0.05) is 38.1 Å². The molecule has 4 nitrogen and oxygen atoms in total. The SMILES string of the molecule is Cc1c(C#N)ccc2nc(-c3ccc(C(C)C)cc3)c(C=O)n12. The van der Waals surface area contributed by atoms with Crippen LogP contribution in [0.25, 0.3) is 16.9 Å². The second kappa shape index (κ2) is 5.69. The molecule has 0 aliphatic rings. The van der Waals surface area contributed by atoms with E-state index in [0.717, 1.165) is 17.5 Å². The van der Waals surface area contributed by atoms with Crippen molar-refractivity contribution in [3.63, 3.8) is 0 Å². The minimum atomic E-state index is 0.455. The molecule has 3 rings (SSSR count). The van der Waals surface area contributed by atoms with Gasteiger partial charge in [0.15, 0.2) is 6.29 Å². The quantitative estimate of drug-likeness (QED) is 0.684. The lowest BCUT2D eigenvalue weighted by molar-refractivity contribution is 0.111. The predicted molar refractivity (Wildman–Crippen MR) is 89.6 cm³/mol. The summed E-state index contributed by atoms with van der Waals surface area (Å²) in [6.45, 7) is 6.11. The van der Waals surface area contributed by atoms with Gasteiger partial charge in [-0.15, -0.1) is 0 Å². The van der Waals surface area contributed by atoms with E-state index in [0.29, 0.717) is 28.5 Å². The van der Waals surface area contributed by atoms with E-state index in [-0.39, 0.29) is 0 Å². The van der Waals surface area contributed by atoms with E-state index in [1.54, 1.807) is 16.5 Å². The first-order valence-corrected chi connectivity index (χ1v) is 7.54. The molecule has 0 saturated carbocycles. The van der Waals surface area contributed by atoms with Gasteiger partial charge in [0.05, 0.1) is 5.56 Å². The molecule has 4 heteroatoms. The molecule has 0 radical (unpaired) electrons. The maximum absolute atomic E-state index is 11.7. The fourth-order valence-corrected chi connectivity index (χ4v) is 2.78. The topological polar surface area (TPSA) is 58.2 Å². The largest absolute Gasteiger partial charge is 0.296 e. The van der Waals surface area contributed by atoms with Crippen molar-refractivity contribution >= 4 is 11.9 Å². The maximum atomic E-state index is 11.7. The number of nitrogens with zero attached hydrogens (tertiary/aromatic N) is 3. The third kappa shape index (κ3) is 2.40. The van der Waals surface area contributed by atoms with Crippen LogP contribution >= 0.6 is 0 Å². The zero-order valence-corrected chi connectivity index (χ0v) is 13.4. The fraction of sp³-hybridized carbons (Fsp3) is 0.211. The second-order valence-electron chi connectivity index (χ2n) is 5.88. The van der Waals surface area contributed by atoms with Crippen LogP contribution in [0.15, 0.2) is 36.4 Å². The highest BCUT2D eigenvalue weighted by atomic mass is 16.1. The Morgan fingerprint density at radius 2 is 1.87 bits per heavy atom. The van der Waals surface area contributed by atoms with Gasteiger partial charge in [-0.05, 0) is 30.5 Å². The maximum Gasteiger partial charge on any atom is 0.169 e. The predicted octanol–water partition coefficient (Wildman–Crippen LogP) is 4.12. The van der Waals surface area contributed by atoms with Gasteiger partial charge < -0.3 is 0 Å². The summed E-state index contributed by atoms with van der Waals surface area (Å²) in [5, 5.41) is 9.18. The molecule has 2 heterocycles. The minimum absolute atomic E-state index is 0.455. The number of imidazole rings is 1. The van der Waals surface area contributed by atoms with Crippen LogP contribution in [0.3, 0.4) is 0 Å². The molecule has 0 atom stereocenters. The fourth-order valence-electron chi connectivity index (χ4n) is 2.78. The van der Waals surface area contributed by atoms with Crippen molar-refractivity contribution in [1.82, 2.24) is 9.38 Å². The Labute approximate surface area is 135 Å². The number of hydrogen-bond acceptors (Lipinski definition) is 3. The van der Waals surface area contributed by atoms with Crippen molar-refractivity contribution < 1.29 is 4.79 Å². The minimum Gasteiger partial charge on any atom is -0.296 e. The molecule has 0 N–H and O–H groups in total. The molecular formula is C19H17N3O. The molecule has 0 spiro atoms. The number of hydrogen-bond donors (Lipinski definition) is 0. The van der Waals surface area contributed by atoms with Crippen molar-refractivity contribution in [3.05, 3.63) is 58.9 Å². The van der Waals surface area contributed by atoms with Crippen molar-refractivity contribution in [2.75, 3.05) is 0 Å². The monoisotopic (exact) mass is 303 g/mol. The summed E-state index contributed by atoms with van der Waals surface area (Å²) in [7, 11) is 0. The lowest BCUT2D eigenvalue weighted by Crippen LogP contribution is -1.99. The van der Waals surface area contributed by atoms with Gasteiger partial charge in [0.1, 0.15) is 23.1 Å². The second-order valence-corrected chi connectivity index (χ2v) is 5.88. The molecule has 3 aromatic rings.